The summed E-state index contributed by atoms with van der Waals surface area (Å²) in [6.07, 6.45) is 3.88. The van der Waals surface area contributed by atoms with Crippen molar-refractivity contribution in [1.29, 1.82) is 0 Å². The zero-order chi connectivity index (χ0) is 4.12. The van der Waals surface area contributed by atoms with Crippen molar-refractivity contribution in [3.8, 4) is 0 Å². The first-order valence-corrected chi connectivity index (χ1v) is 1.48. The standard InChI is InChI=1S/C4H6O.H4Si/c1-2-3-4-5;/h2-4H,1H3;1H4. The molecule has 0 unspecified atom stereocenters. The minimum absolute atomic E-state index is 0. The number of carbonyl (C=O) groups is 1. The third-order valence-corrected chi connectivity index (χ3v) is 0.271. The van der Waals surface area contributed by atoms with Crippen molar-refractivity contribution in [3.63, 3.8) is 0 Å². The van der Waals surface area contributed by atoms with Gasteiger partial charge in [0.15, 0.2) is 0 Å². The Bertz CT molecular complexity index is 49.5. The Morgan fingerprint density at radius 3 is 2.00 bits per heavy atom. The molecule has 0 saturated heterocycles. The highest BCUT2D eigenvalue weighted by Crippen LogP contribution is 1.55. The lowest BCUT2D eigenvalue weighted by Crippen LogP contribution is -1.50. The highest BCUT2D eigenvalue weighted by molar-refractivity contribution is 5.75. The topological polar surface area (TPSA) is 17.1 Å². The fourth-order valence-corrected chi connectivity index (χ4v) is 0.0786. The number of carbonyl (C=O) groups excluding carboxylic acids is 1. The quantitative estimate of drug-likeness (QED) is 0.243. The Hall–Kier alpha value is -0.373. The van der Waals surface area contributed by atoms with Crippen molar-refractivity contribution in [3.05, 3.63) is 12.2 Å². The Kier molecular flexibility index (Phi) is 13.5. The smallest absolute Gasteiger partial charge is 0.142 e. The van der Waals surface area contributed by atoms with Crippen LogP contribution in [0.3, 0.4) is 0 Å². The molecule has 36 valence electrons. The largest absolute Gasteiger partial charge is 0.299 e. The van der Waals surface area contributed by atoms with Crippen molar-refractivity contribution in [1.82, 2.24) is 0 Å². The summed E-state index contributed by atoms with van der Waals surface area (Å²) in [5.74, 6) is 0. The van der Waals surface area contributed by atoms with Gasteiger partial charge in [0.2, 0.25) is 0 Å². The molecule has 2 heteroatoms. The summed E-state index contributed by atoms with van der Waals surface area (Å²) in [6, 6.07) is 0. The molecule has 0 aromatic heterocycles. The van der Waals surface area contributed by atoms with Gasteiger partial charge in [-0.1, -0.05) is 6.08 Å². The Morgan fingerprint density at radius 1 is 1.50 bits per heavy atom. The van der Waals surface area contributed by atoms with Crippen LogP contribution < -0.4 is 0 Å². The molecule has 6 heavy (non-hydrogen) atoms. The normalized spacial score (nSPS) is 7.50. The van der Waals surface area contributed by atoms with Crippen LogP contribution in [0.2, 0.25) is 0 Å². The highest BCUT2D eigenvalue weighted by atomic mass is 28.1. The first kappa shape index (κ1) is 9.16. The average molecular weight is 102 g/mol. The van der Waals surface area contributed by atoms with Crippen LogP contribution in [0.4, 0.5) is 0 Å². The maximum atomic E-state index is 9.32. The lowest BCUT2D eigenvalue weighted by Gasteiger charge is -1.51. The molecule has 0 spiro atoms. The van der Waals surface area contributed by atoms with Gasteiger partial charge in [-0.25, -0.2) is 0 Å². The van der Waals surface area contributed by atoms with Gasteiger partial charge in [-0.15, -0.1) is 0 Å². The van der Waals surface area contributed by atoms with Crippen LogP contribution in [0.1, 0.15) is 6.92 Å². The van der Waals surface area contributed by atoms with E-state index in [0.29, 0.717) is 0 Å². The van der Waals surface area contributed by atoms with E-state index in [-0.39, 0.29) is 11.0 Å². The molecular formula is C4H10OSi. The van der Waals surface area contributed by atoms with Gasteiger partial charge in [-0.05, 0) is 24.0 Å². The van der Waals surface area contributed by atoms with Crippen LogP contribution in [0.5, 0.6) is 0 Å². The van der Waals surface area contributed by atoms with E-state index >= 15 is 0 Å². The van der Waals surface area contributed by atoms with Crippen LogP contribution in [0, 0.1) is 0 Å². The summed E-state index contributed by atoms with van der Waals surface area (Å²) >= 11 is 0. The number of hydrogen-bond acceptors (Lipinski definition) is 1. The van der Waals surface area contributed by atoms with Crippen LogP contribution in [-0.2, 0) is 4.79 Å². The SMILES string of the molecule is CC=CC=O.[SiH4]. The van der Waals surface area contributed by atoms with Gasteiger partial charge in [0, 0.05) is 0 Å². The average Bonchev–Trinajstić information content (AvgIpc) is 1.41. The van der Waals surface area contributed by atoms with Gasteiger partial charge in [0.25, 0.3) is 0 Å². The highest BCUT2D eigenvalue weighted by Gasteiger charge is 1.48. The number of aldehydes is 1. The van der Waals surface area contributed by atoms with E-state index in [0.717, 1.165) is 6.29 Å². The minimum Gasteiger partial charge on any atom is -0.299 e. The summed E-state index contributed by atoms with van der Waals surface area (Å²) in [5.41, 5.74) is 0. The molecule has 0 bridgehead atoms. The van der Waals surface area contributed by atoms with Crippen molar-refractivity contribution in [2.24, 2.45) is 0 Å². The van der Waals surface area contributed by atoms with E-state index in [2.05, 4.69) is 0 Å². The third-order valence-electron chi connectivity index (χ3n) is 0.271. The Morgan fingerprint density at radius 2 is 2.00 bits per heavy atom. The van der Waals surface area contributed by atoms with Crippen molar-refractivity contribution < 1.29 is 4.79 Å². The molecule has 0 amide bonds. The van der Waals surface area contributed by atoms with Crippen LogP contribution in [-0.4, -0.2) is 17.3 Å². The first-order valence-electron chi connectivity index (χ1n) is 1.48. The molecule has 0 fully saturated rings. The van der Waals surface area contributed by atoms with E-state index in [1.54, 1.807) is 13.0 Å². The summed E-state index contributed by atoms with van der Waals surface area (Å²) < 4.78 is 0. The number of rotatable bonds is 1. The van der Waals surface area contributed by atoms with Gasteiger partial charge >= 0.3 is 0 Å². The van der Waals surface area contributed by atoms with E-state index in [1.807, 2.05) is 0 Å². The number of hydrogen-bond donors (Lipinski definition) is 0. The number of allylic oxidation sites excluding steroid dienone is 2. The lowest BCUT2D eigenvalue weighted by molar-refractivity contribution is -0.104. The fourth-order valence-electron chi connectivity index (χ4n) is 0.0786. The van der Waals surface area contributed by atoms with Gasteiger partial charge in [-0.2, -0.15) is 0 Å². The third kappa shape index (κ3) is 9.46. The summed E-state index contributed by atoms with van der Waals surface area (Å²) in [6.45, 7) is 1.80. The fraction of sp³-hybridized carbons (Fsp3) is 0.250. The molecule has 0 N–H and O–H groups in total. The van der Waals surface area contributed by atoms with Crippen LogP contribution in [0.15, 0.2) is 12.2 Å². The molecule has 0 rings (SSSR count). The molecule has 0 atom stereocenters. The lowest BCUT2D eigenvalue weighted by atomic mass is 10.6. The summed E-state index contributed by atoms with van der Waals surface area (Å²) in [5, 5.41) is 0. The summed E-state index contributed by atoms with van der Waals surface area (Å²) in [4.78, 5) is 9.32. The predicted octanol–water partition coefficient (Wildman–Crippen LogP) is -0.690. The van der Waals surface area contributed by atoms with E-state index in [1.165, 1.54) is 6.08 Å². The molecule has 1 nitrogen and oxygen atoms in total. The molecule has 0 aliphatic heterocycles. The van der Waals surface area contributed by atoms with Crippen LogP contribution >= 0.6 is 0 Å². The zero-order valence-electron chi connectivity index (χ0n) is 3.14. The first-order chi connectivity index (χ1) is 2.41. The maximum Gasteiger partial charge on any atom is 0.142 e. The Labute approximate surface area is 42.1 Å². The molecule has 0 saturated carbocycles. The van der Waals surface area contributed by atoms with E-state index in [4.69, 9.17) is 0 Å². The second kappa shape index (κ2) is 8.82. The minimum atomic E-state index is 0. The zero-order valence-corrected chi connectivity index (χ0v) is 3.14. The predicted molar refractivity (Wildman–Crippen MR) is 32.2 cm³/mol. The molecule has 0 radical (unpaired) electrons. The van der Waals surface area contributed by atoms with Gasteiger partial charge in [0.1, 0.15) is 6.29 Å². The Balaban J connectivity index is 0. The van der Waals surface area contributed by atoms with Gasteiger partial charge < -0.3 is 0 Å². The van der Waals surface area contributed by atoms with Gasteiger partial charge in [0.05, 0.1) is 0 Å². The summed E-state index contributed by atoms with van der Waals surface area (Å²) in [7, 11) is 0. The van der Waals surface area contributed by atoms with E-state index < -0.39 is 0 Å². The van der Waals surface area contributed by atoms with Crippen molar-refractivity contribution in [2.45, 2.75) is 6.92 Å². The molecule has 0 aromatic rings. The maximum absolute atomic E-state index is 9.32. The van der Waals surface area contributed by atoms with Crippen molar-refractivity contribution in [2.75, 3.05) is 0 Å². The van der Waals surface area contributed by atoms with Crippen molar-refractivity contribution >= 4 is 17.3 Å². The monoisotopic (exact) mass is 102 g/mol. The molecule has 0 aromatic carbocycles. The molecule has 0 aliphatic rings. The molecule has 0 aliphatic carbocycles. The molecular weight excluding hydrogens is 92.1 g/mol. The van der Waals surface area contributed by atoms with Gasteiger partial charge in [-0.3, -0.25) is 4.79 Å². The van der Waals surface area contributed by atoms with Crippen LogP contribution in [0.25, 0.3) is 0 Å². The van der Waals surface area contributed by atoms with E-state index in [9.17, 15) is 4.79 Å². The molecule has 0 heterocycles. The second-order valence-corrected chi connectivity index (χ2v) is 0.662. The second-order valence-electron chi connectivity index (χ2n) is 0.662.